The summed E-state index contributed by atoms with van der Waals surface area (Å²) in [6.07, 6.45) is 6.18. The van der Waals surface area contributed by atoms with Gasteiger partial charge in [0.25, 0.3) is 0 Å². The van der Waals surface area contributed by atoms with Gasteiger partial charge >= 0.3 is 0 Å². The number of aliphatic hydroxyl groups is 1. The lowest BCUT2D eigenvalue weighted by Crippen LogP contribution is -2.16. The van der Waals surface area contributed by atoms with Crippen molar-refractivity contribution in [1.82, 2.24) is 0 Å². The Morgan fingerprint density at radius 2 is 2.00 bits per heavy atom. The maximum atomic E-state index is 9.02. The average molecular weight is 246 g/mol. The molecule has 0 amide bonds. The zero-order valence-corrected chi connectivity index (χ0v) is 11.3. The molecule has 2 heteroatoms. The van der Waals surface area contributed by atoms with Crippen LogP contribution in [-0.4, -0.2) is 24.9 Å². The lowest BCUT2D eigenvalue weighted by atomic mass is 10.0. The van der Waals surface area contributed by atoms with Gasteiger partial charge in [-0.15, -0.1) is 0 Å². The first-order valence-electron chi connectivity index (χ1n) is 6.21. The molecule has 1 aromatic rings. The molecule has 1 aromatic carbocycles. The van der Waals surface area contributed by atoms with E-state index in [0.717, 1.165) is 11.1 Å². The predicted molar refractivity (Wildman–Crippen MR) is 76.3 cm³/mol. The Labute approximate surface area is 110 Å². The highest BCUT2D eigenvalue weighted by Gasteiger charge is 2.11. The molecule has 0 saturated heterocycles. The SMILES string of the molecule is CO[C@@H](/C=C/c1ccccc1)[C@@H](C)/C=C(\C)CO. The van der Waals surface area contributed by atoms with Crippen molar-refractivity contribution in [2.75, 3.05) is 13.7 Å². The Balaban J connectivity index is 2.70. The monoisotopic (exact) mass is 246 g/mol. The van der Waals surface area contributed by atoms with E-state index < -0.39 is 0 Å². The zero-order valence-electron chi connectivity index (χ0n) is 11.3. The number of benzene rings is 1. The molecule has 0 saturated carbocycles. The van der Waals surface area contributed by atoms with Crippen molar-refractivity contribution in [3.05, 3.63) is 53.6 Å². The van der Waals surface area contributed by atoms with E-state index in [2.05, 4.69) is 31.2 Å². The zero-order chi connectivity index (χ0) is 13.4. The molecular weight excluding hydrogens is 224 g/mol. The number of rotatable bonds is 6. The molecule has 18 heavy (non-hydrogen) atoms. The molecule has 0 fully saturated rings. The second kappa shape index (κ2) is 7.85. The summed E-state index contributed by atoms with van der Waals surface area (Å²) >= 11 is 0. The summed E-state index contributed by atoms with van der Waals surface area (Å²) in [7, 11) is 1.71. The Hall–Kier alpha value is -1.38. The fourth-order valence-electron chi connectivity index (χ4n) is 1.83. The summed E-state index contributed by atoms with van der Waals surface area (Å²) in [6, 6.07) is 10.1. The van der Waals surface area contributed by atoms with Gasteiger partial charge in [0, 0.05) is 13.0 Å². The normalized spacial score (nSPS) is 15.9. The Morgan fingerprint density at radius 1 is 1.33 bits per heavy atom. The number of hydrogen-bond acceptors (Lipinski definition) is 2. The van der Waals surface area contributed by atoms with Crippen molar-refractivity contribution >= 4 is 6.08 Å². The van der Waals surface area contributed by atoms with Crippen LogP contribution in [-0.2, 0) is 4.74 Å². The van der Waals surface area contributed by atoms with Crippen LogP contribution in [0, 0.1) is 5.92 Å². The summed E-state index contributed by atoms with van der Waals surface area (Å²) in [6.45, 7) is 4.11. The third-order valence-corrected chi connectivity index (χ3v) is 2.87. The van der Waals surface area contributed by atoms with Gasteiger partial charge in [0.05, 0.1) is 12.7 Å². The smallest absolute Gasteiger partial charge is 0.0815 e. The van der Waals surface area contributed by atoms with Crippen LogP contribution in [0.1, 0.15) is 19.4 Å². The van der Waals surface area contributed by atoms with Crippen LogP contribution in [0.4, 0.5) is 0 Å². The first-order chi connectivity index (χ1) is 8.67. The number of methoxy groups -OCH3 is 1. The largest absolute Gasteiger partial charge is 0.392 e. The molecule has 0 aromatic heterocycles. The van der Waals surface area contributed by atoms with Crippen molar-refractivity contribution in [2.24, 2.45) is 5.92 Å². The highest BCUT2D eigenvalue weighted by molar-refractivity contribution is 5.49. The molecule has 0 aliphatic heterocycles. The first kappa shape index (κ1) is 14.7. The molecule has 0 spiro atoms. The number of ether oxygens (including phenoxy) is 1. The maximum Gasteiger partial charge on any atom is 0.0815 e. The minimum Gasteiger partial charge on any atom is -0.392 e. The van der Waals surface area contributed by atoms with Crippen LogP contribution in [0.2, 0.25) is 0 Å². The van der Waals surface area contributed by atoms with Crippen LogP contribution in [0.25, 0.3) is 6.08 Å². The van der Waals surface area contributed by atoms with Gasteiger partial charge in [-0.3, -0.25) is 0 Å². The van der Waals surface area contributed by atoms with Crippen LogP contribution in [0.15, 0.2) is 48.1 Å². The quantitative estimate of drug-likeness (QED) is 0.780. The maximum absolute atomic E-state index is 9.02. The fraction of sp³-hybridized carbons (Fsp3) is 0.375. The minimum atomic E-state index is 0.0201. The van der Waals surface area contributed by atoms with Gasteiger partial charge in [0.1, 0.15) is 0 Å². The predicted octanol–water partition coefficient (Wildman–Crippen LogP) is 3.29. The highest BCUT2D eigenvalue weighted by atomic mass is 16.5. The van der Waals surface area contributed by atoms with E-state index >= 15 is 0 Å². The van der Waals surface area contributed by atoms with Gasteiger partial charge in [-0.1, -0.05) is 61.1 Å². The van der Waals surface area contributed by atoms with Crippen LogP contribution >= 0.6 is 0 Å². The van der Waals surface area contributed by atoms with Crippen LogP contribution in [0.5, 0.6) is 0 Å². The topological polar surface area (TPSA) is 29.5 Å². The molecule has 0 bridgehead atoms. The van der Waals surface area contributed by atoms with Crippen molar-refractivity contribution in [2.45, 2.75) is 20.0 Å². The van der Waals surface area contributed by atoms with Gasteiger partial charge in [-0.2, -0.15) is 0 Å². The van der Waals surface area contributed by atoms with E-state index in [1.54, 1.807) is 7.11 Å². The molecule has 0 aliphatic rings. The standard InChI is InChI=1S/C16H22O2/c1-13(12-17)11-14(2)16(18-3)10-9-15-7-5-4-6-8-15/h4-11,14,16-17H,12H2,1-3H3/b10-9+,13-11+/t14-,16-/m0/s1. The second-order valence-electron chi connectivity index (χ2n) is 4.50. The molecule has 0 aliphatic carbocycles. The Bertz CT molecular complexity index is 393. The third kappa shape index (κ3) is 4.86. The van der Waals surface area contributed by atoms with Gasteiger partial charge < -0.3 is 9.84 Å². The molecule has 98 valence electrons. The molecule has 0 unspecified atom stereocenters. The van der Waals surface area contributed by atoms with E-state index in [0.29, 0.717) is 0 Å². The summed E-state index contributed by atoms with van der Waals surface area (Å²) in [5.41, 5.74) is 2.13. The molecule has 1 rings (SSSR count). The summed E-state index contributed by atoms with van der Waals surface area (Å²) in [4.78, 5) is 0. The Morgan fingerprint density at radius 3 is 2.56 bits per heavy atom. The van der Waals surface area contributed by atoms with Crippen molar-refractivity contribution in [3.63, 3.8) is 0 Å². The van der Waals surface area contributed by atoms with E-state index in [1.807, 2.05) is 31.2 Å². The van der Waals surface area contributed by atoms with Crippen LogP contribution < -0.4 is 0 Å². The molecule has 2 atom stereocenters. The summed E-state index contributed by atoms with van der Waals surface area (Å²) in [5, 5.41) is 9.02. The lowest BCUT2D eigenvalue weighted by molar-refractivity contribution is 0.113. The Kier molecular flexibility index (Phi) is 6.40. The van der Waals surface area contributed by atoms with Gasteiger partial charge in [-0.25, -0.2) is 0 Å². The van der Waals surface area contributed by atoms with E-state index in [-0.39, 0.29) is 18.6 Å². The third-order valence-electron chi connectivity index (χ3n) is 2.87. The van der Waals surface area contributed by atoms with Crippen molar-refractivity contribution < 1.29 is 9.84 Å². The molecule has 2 nitrogen and oxygen atoms in total. The van der Waals surface area contributed by atoms with Crippen molar-refractivity contribution in [3.8, 4) is 0 Å². The van der Waals surface area contributed by atoms with E-state index in [4.69, 9.17) is 9.84 Å². The van der Waals surface area contributed by atoms with E-state index in [9.17, 15) is 0 Å². The first-order valence-corrected chi connectivity index (χ1v) is 6.21. The highest BCUT2D eigenvalue weighted by Crippen LogP contribution is 2.14. The van der Waals surface area contributed by atoms with Crippen LogP contribution in [0.3, 0.4) is 0 Å². The van der Waals surface area contributed by atoms with Gasteiger partial charge in [0.15, 0.2) is 0 Å². The fourth-order valence-corrected chi connectivity index (χ4v) is 1.83. The number of hydrogen-bond donors (Lipinski definition) is 1. The minimum absolute atomic E-state index is 0.0201. The van der Waals surface area contributed by atoms with Crippen molar-refractivity contribution in [1.29, 1.82) is 0 Å². The average Bonchev–Trinajstić information content (AvgIpc) is 2.40. The lowest BCUT2D eigenvalue weighted by Gasteiger charge is -2.17. The molecule has 0 radical (unpaired) electrons. The number of aliphatic hydroxyl groups excluding tert-OH is 1. The summed E-state index contributed by atoms with van der Waals surface area (Å²) in [5.74, 6) is 0.238. The van der Waals surface area contributed by atoms with Gasteiger partial charge in [0.2, 0.25) is 0 Å². The molecule has 0 heterocycles. The molecular formula is C16H22O2. The second-order valence-corrected chi connectivity index (χ2v) is 4.50. The van der Waals surface area contributed by atoms with Gasteiger partial charge in [-0.05, 0) is 12.5 Å². The molecule has 1 N–H and O–H groups in total. The van der Waals surface area contributed by atoms with E-state index in [1.165, 1.54) is 0 Å². The summed E-state index contributed by atoms with van der Waals surface area (Å²) < 4.78 is 5.47.